The van der Waals surface area contributed by atoms with Crippen molar-refractivity contribution < 1.29 is 5.11 Å². The molecule has 1 unspecified atom stereocenters. The Morgan fingerprint density at radius 2 is 1.82 bits per heavy atom. The monoisotopic (exact) mass is 176 g/mol. The summed E-state index contributed by atoms with van der Waals surface area (Å²) in [5, 5.41) is 9.42. The first-order valence-electron chi connectivity index (χ1n) is 4.33. The third-order valence-electron chi connectivity index (χ3n) is 1.73. The maximum absolute atomic E-state index is 9.42. The van der Waals surface area contributed by atoms with E-state index >= 15 is 0 Å². The molecule has 0 saturated carbocycles. The highest BCUT2D eigenvalue weighted by Crippen LogP contribution is 2.10. The minimum Gasteiger partial charge on any atom is -0.393 e. The van der Waals surface area contributed by atoms with Crippen LogP contribution in [-0.4, -0.2) is 23.2 Å². The van der Waals surface area contributed by atoms with E-state index in [1.807, 2.05) is 0 Å². The van der Waals surface area contributed by atoms with Gasteiger partial charge in [0.2, 0.25) is 0 Å². The number of aliphatic hydroxyl groups excluding tert-OH is 1. The maximum atomic E-state index is 9.42. The Kier molecular flexibility index (Phi) is 7.18. The molecule has 0 radical (unpaired) electrons. The van der Waals surface area contributed by atoms with Gasteiger partial charge in [0.15, 0.2) is 0 Å². The highest BCUT2D eigenvalue weighted by Gasteiger charge is 2.04. The van der Waals surface area contributed by atoms with Crippen LogP contribution in [0.15, 0.2) is 0 Å². The van der Waals surface area contributed by atoms with E-state index in [9.17, 15) is 5.11 Å². The summed E-state index contributed by atoms with van der Waals surface area (Å²) in [6.07, 6.45) is 5.08. The molecular weight excluding hydrogens is 156 g/mol. The van der Waals surface area contributed by atoms with E-state index in [0.717, 1.165) is 30.9 Å². The van der Waals surface area contributed by atoms with E-state index in [4.69, 9.17) is 0 Å². The lowest BCUT2D eigenvalue weighted by Gasteiger charge is -2.10. The molecule has 0 bridgehead atoms. The smallest absolute Gasteiger partial charge is 0.0548 e. The fraction of sp³-hybridized carbons (Fsp3) is 1.00. The summed E-state index contributed by atoms with van der Waals surface area (Å²) in [5.41, 5.74) is 0. The van der Waals surface area contributed by atoms with E-state index in [-0.39, 0.29) is 6.10 Å². The van der Waals surface area contributed by atoms with Gasteiger partial charge in [0.25, 0.3) is 0 Å². The lowest BCUT2D eigenvalue weighted by atomic mass is 10.0. The Balaban J connectivity index is 3.15. The molecule has 2 heteroatoms. The van der Waals surface area contributed by atoms with Crippen LogP contribution in [0.1, 0.15) is 33.1 Å². The van der Waals surface area contributed by atoms with E-state index in [2.05, 4.69) is 20.1 Å². The quantitative estimate of drug-likeness (QED) is 0.671. The van der Waals surface area contributed by atoms with Crippen molar-refractivity contribution in [3.63, 3.8) is 0 Å². The highest BCUT2D eigenvalue weighted by molar-refractivity contribution is 7.98. The molecule has 0 aliphatic heterocycles. The van der Waals surface area contributed by atoms with Crippen molar-refractivity contribution >= 4 is 11.8 Å². The number of hydrogen-bond donors (Lipinski definition) is 1. The summed E-state index contributed by atoms with van der Waals surface area (Å²) in [4.78, 5) is 0. The molecule has 0 rings (SSSR count). The van der Waals surface area contributed by atoms with Crippen LogP contribution >= 0.6 is 11.8 Å². The summed E-state index contributed by atoms with van der Waals surface area (Å²) < 4.78 is 0. The van der Waals surface area contributed by atoms with Crippen molar-refractivity contribution in [2.24, 2.45) is 5.92 Å². The lowest BCUT2D eigenvalue weighted by molar-refractivity contribution is 0.154. The fourth-order valence-corrected chi connectivity index (χ4v) is 1.43. The average molecular weight is 176 g/mol. The molecule has 0 amide bonds. The van der Waals surface area contributed by atoms with Crippen LogP contribution in [0.4, 0.5) is 0 Å². The lowest BCUT2D eigenvalue weighted by Crippen LogP contribution is -2.08. The van der Waals surface area contributed by atoms with Gasteiger partial charge >= 0.3 is 0 Å². The number of aliphatic hydroxyl groups is 1. The summed E-state index contributed by atoms with van der Waals surface area (Å²) >= 11 is 1.80. The standard InChI is InChI=1S/C9H20OS/c1-8(2)4-5-9(10)6-7-11-3/h8-10H,4-7H2,1-3H3. The Labute approximate surface area is 74.6 Å². The van der Waals surface area contributed by atoms with E-state index in [1.54, 1.807) is 11.8 Å². The van der Waals surface area contributed by atoms with Crippen LogP contribution < -0.4 is 0 Å². The van der Waals surface area contributed by atoms with Crippen molar-refractivity contribution in [2.45, 2.75) is 39.2 Å². The Morgan fingerprint density at radius 1 is 1.18 bits per heavy atom. The van der Waals surface area contributed by atoms with Gasteiger partial charge < -0.3 is 5.11 Å². The van der Waals surface area contributed by atoms with Gasteiger partial charge in [-0.1, -0.05) is 13.8 Å². The summed E-state index contributed by atoms with van der Waals surface area (Å²) in [7, 11) is 0. The SMILES string of the molecule is CSCCC(O)CCC(C)C. The largest absolute Gasteiger partial charge is 0.393 e. The van der Waals surface area contributed by atoms with Crippen molar-refractivity contribution in [2.75, 3.05) is 12.0 Å². The number of rotatable bonds is 6. The molecule has 1 nitrogen and oxygen atoms in total. The van der Waals surface area contributed by atoms with E-state index in [0.29, 0.717) is 0 Å². The van der Waals surface area contributed by atoms with Gasteiger partial charge in [-0.3, -0.25) is 0 Å². The zero-order chi connectivity index (χ0) is 8.69. The molecule has 0 heterocycles. The molecule has 0 aromatic rings. The van der Waals surface area contributed by atoms with Crippen molar-refractivity contribution in [3.05, 3.63) is 0 Å². The first-order valence-corrected chi connectivity index (χ1v) is 5.73. The van der Waals surface area contributed by atoms with Crippen LogP contribution in [0.5, 0.6) is 0 Å². The summed E-state index contributed by atoms with van der Waals surface area (Å²) in [6.45, 7) is 4.39. The number of hydrogen-bond acceptors (Lipinski definition) is 2. The molecule has 0 aromatic carbocycles. The van der Waals surface area contributed by atoms with Gasteiger partial charge in [-0.2, -0.15) is 11.8 Å². The molecule has 0 fully saturated rings. The Morgan fingerprint density at radius 3 is 2.27 bits per heavy atom. The third kappa shape index (κ3) is 8.21. The molecule has 11 heavy (non-hydrogen) atoms. The summed E-state index contributed by atoms with van der Waals surface area (Å²) in [6, 6.07) is 0. The molecule has 1 N–H and O–H groups in total. The van der Waals surface area contributed by atoms with Gasteiger partial charge in [-0.25, -0.2) is 0 Å². The molecule has 0 spiro atoms. The average Bonchev–Trinajstić information content (AvgIpc) is 1.97. The minimum atomic E-state index is -0.0650. The van der Waals surface area contributed by atoms with Gasteiger partial charge in [0.1, 0.15) is 0 Å². The fourth-order valence-electron chi connectivity index (χ4n) is 0.924. The van der Waals surface area contributed by atoms with Crippen molar-refractivity contribution in [1.82, 2.24) is 0 Å². The molecule has 0 saturated heterocycles. The zero-order valence-corrected chi connectivity index (χ0v) is 8.66. The van der Waals surface area contributed by atoms with E-state index in [1.165, 1.54) is 0 Å². The Bertz CT molecular complexity index is 83.6. The van der Waals surface area contributed by atoms with E-state index < -0.39 is 0 Å². The van der Waals surface area contributed by atoms with Crippen LogP contribution in [0, 0.1) is 5.92 Å². The van der Waals surface area contributed by atoms with Crippen LogP contribution in [0.25, 0.3) is 0 Å². The van der Waals surface area contributed by atoms with Gasteiger partial charge in [-0.15, -0.1) is 0 Å². The second-order valence-corrected chi connectivity index (χ2v) is 4.39. The first-order chi connectivity index (χ1) is 5.16. The minimum absolute atomic E-state index is 0.0650. The third-order valence-corrected chi connectivity index (χ3v) is 2.38. The molecule has 1 atom stereocenters. The normalized spacial score (nSPS) is 13.9. The zero-order valence-electron chi connectivity index (χ0n) is 7.84. The molecule has 68 valence electrons. The Hall–Kier alpha value is 0.310. The van der Waals surface area contributed by atoms with Gasteiger partial charge in [0, 0.05) is 0 Å². The summed E-state index contributed by atoms with van der Waals surface area (Å²) in [5.74, 6) is 1.80. The predicted molar refractivity (Wildman–Crippen MR) is 53.1 cm³/mol. The maximum Gasteiger partial charge on any atom is 0.0548 e. The van der Waals surface area contributed by atoms with Gasteiger partial charge in [0.05, 0.1) is 6.10 Å². The molecule has 0 aromatic heterocycles. The van der Waals surface area contributed by atoms with Crippen molar-refractivity contribution in [1.29, 1.82) is 0 Å². The second-order valence-electron chi connectivity index (χ2n) is 3.41. The second kappa shape index (κ2) is 6.99. The molecule has 0 aliphatic carbocycles. The van der Waals surface area contributed by atoms with Crippen LogP contribution in [-0.2, 0) is 0 Å². The van der Waals surface area contributed by atoms with Crippen LogP contribution in [0.2, 0.25) is 0 Å². The highest BCUT2D eigenvalue weighted by atomic mass is 32.2. The predicted octanol–water partition coefficient (Wildman–Crippen LogP) is 2.54. The first kappa shape index (κ1) is 11.3. The van der Waals surface area contributed by atoms with Crippen molar-refractivity contribution in [3.8, 4) is 0 Å². The van der Waals surface area contributed by atoms with Gasteiger partial charge in [-0.05, 0) is 37.2 Å². The molecular formula is C9H20OS. The van der Waals surface area contributed by atoms with Crippen LogP contribution in [0.3, 0.4) is 0 Å². The number of thioether (sulfide) groups is 1. The molecule has 0 aliphatic rings. The topological polar surface area (TPSA) is 20.2 Å².